The monoisotopic (exact) mass is 358 g/mol. The fourth-order valence-electron chi connectivity index (χ4n) is 2.78. The van der Waals surface area contributed by atoms with Crippen LogP contribution in [0.4, 0.5) is 18.0 Å². The van der Waals surface area contributed by atoms with Crippen molar-refractivity contribution in [3.8, 4) is 0 Å². The van der Waals surface area contributed by atoms with Crippen LogP contribution >= 0.6 is 0 Å². The van der Waals surface area contributed by atoms with Gasteiger partial charge in [-0.2, -0.15) is 8.78 Å². The Morgan fingerprint density at radius 3 is 2.28 bits per heavy atom. The third-order valence-corrected chi connectivity index (χ3v) is 4.00. The standard InChI is InChI=1S/C18H25F3N2O2/c1-17(2,3)25-16(24)22-15-8-10-23(11-9-15)12-18(20,21)13-4-6-14(19)7-5-13/h4-7,15H,8-12H2,1-3H3,(H,22,24). The Labute approximate surface area is 146 Å². The van der Waals surface area contributed by atoms with Gasteiger partial charge in [0.2, 0.25) is 0 Å². The second kappa shape index (κ2) is 7.64. The lowest BCUT2D eigenvalue weighted by atomic mass is 10.0. The number of carbonyl (C=O) groups is 1. The molecular formula is C18H25F3N2O2. The highest BCUT2D eigenvalue weighted by Crippen LogP contribution is 2.30. The number of ether oxygens (including phenoxy) is 1. The summed E-state index contributed by atoms with van der Waals surface area (Å²) in [7, 11) is 0. The Morgan fingerprint density at radius 1 is 1.20 bits per heavy atom. The van der Waals surface area contributed by atoms with Crippen LogP contribution in [0.1, 0.15) is 39.2 Å². The van der Waals surface area contributed by atoms with E-state index in [4.69, 9.17) is 4.74 Å². The molecule has 0 saturated carbocycles. The summed E-state index contributed by atoms with van der Waals surface area (Å²) >= 11 is 0. The summed E-state index contributed by atoms with van der Waals surface area (Å²) in [6.07, 6.45) is 0.680. The lowest BCUT2D eigenvalue weighted by Crippen LogP contribution is -2.48. The average molecular weight is 358 g/mol. The van der Waals surface area contributed by atoms with Gasteiger partial charge >= 0.3 is 6.09 Å². The number of halogens is 3. The lowest BCUT2D eigenvalue weighted by Gasteiger charge is -2.34. The van der Waals surface area contributed by atoms with E-state index in [1.807, 2.05) is 0 Å². The second-order valence-electron chi connectivity index (χ2n) is 7.41. The molecule has 1 aliphatic heterocycles. The van der Waals surface area contributed by atoms with Gasteiger partial charge in [-0.05, 0) is 45.7 Å². The maximum atomic E-state index is 14.3. The Balaban J connectivity index is 1.82. The van der Waals surface area contributed by atoms with Crippen LogP contribution in [-0.2, 0) is 10.7 Å². The number of nitrogens with zero attached hydrogens (tertiary/aromatic N) is 1. The fraction of sp³-hybridized carbons (Fsp3) is 0.611. The zero-order valence-corrected chi connectivity index (χ0v) is 14.8. The van der Waals surface area contributed by atoms with Crippen LogP contribution < -0.4 is 5.32 Å². The number of carbonyl (C=O) groups excluding carboxylic acids is 1. The van der Waals surface area contributed by atoms with Gasteiger partial charge < -0.3 is 10.1 Å². The number of nitrogens with one attached hydrogen (secondary N) is 1. The van der Waals surface area contributed by atoms with Gasteiger partial charge in [0.15, 0.2) is 0 Å². The number of hydrogen-bond acceptors (Lipinski definition) is 3. The SMILES string of the molecule is CC(C)(C)OC(=O)NC1CCN(CC(F)(F)c2ccc(F)cc2)CC1. The maximum Gasteiger partial charge on any atom is 0.407 e. The summed E-state index contributed by atoms with van der Waals surface area (Å²) in [6, 6.07) is 4.24. The largest absolute Gasteiger partial charge is 0.444 e. The number of alkyl halides is 2. The quantitative estimate of drug-likeness (QED) is 0.887. The van der Waals surface area contributed by atoms with E-state index in [2.05, 4.69) is 5.32 Å². The van der Waals surface area contributed by atoms with Gasteiger partial charge in [-0.25, -0.2) is 9.18 Å². The van der Waals surface area contributed by atoms with Gasteiger partial charge in [-0.3, -0.25) is 4.90 Å². The molecule has 1 amide bonds. The van der Waals surface area contributed by atoms with Crippen molar-refractivity contribution in [2.75, 3.05) is 19.6 Å². The molecule has 1 saturated heterocycles. The van der Waals surface area contributed by atoms with E-state index in [-0.39, 0.29) is 11.6 Å². The van der Waals surface area contributed by atoms with Crippen molar-refractivity contribution in [1.82, 2.24) is 10.2 Å². The van der Waals surface area contributed by atoms with Gasteiger partial charge in [-0.1, -0.05) is 12.1 Å². The van der Waals surface area contributed by atoms with Crippen molar-refractivity contribution in [1.29, 1.82) is 0 Å². The number of benzene rings is 1. The zero-order valence-electron chi connectivity index (χ0n) is 14.8. The molecule has 1 fully saturated rings. The first-order valence-electron chi connectivity index (χ1n) is 8.41. The molecule has 140 valence electrons. The smallest absolute Gasteiger partial charge is 0.407 e. The molecule has 0 atom stereocenters. The van der Waals surface area contributed by atoms with Crippen molar-refractivity contribution in [2.24, 2.45) is 0 Å². The highest BCUT2D eigenvalue weighted by Gasteiger charge is 2.35. The second-order valence-corrected chi connectivity index (χ2v) is 7.41. The minimum absolute atomic E-state index is 0.0782. The van der Waals surface area contributed by atoms with Crippen LogP contribution in [0.3, 0.4) is 0 Å². The highest BCUT2D eigenvalue weighted by atomic mass is 19.3. The van der Waals surface area contributed by atoms with Crippen molar-refractivity contribution >= 4 is 6.09 Å². The van der Waals surface area contributed by atoms with Crippen molar-refractivity contribution in [2.45, 2.75) is 51.2 Å². The molecule has 4 nitrogen and oxygen atoms in total. The first-order valence-corrected chi connectivity index (χ1v) is 8.41. The van der Waals surface area contributed by atoms with E-state index < -0.39 is 30.0 Å². The van der Waals surface area contributed by atoms with E-state index in [9.17, 15) is 18.0 Å². The number of piperidine rings is 1. The molecule has 1 heterocycles. The third kappa shape index (κ3) is 6.23. The van der Waals surface area contributed by atoms with Crippen molar-refractivity contribution in [3.05, 3.63) is 35.6 Å². The van der Waals surface area contributed by atoms with Gasteiger partial charge in [0.25, 0.3) is 5.92 Å². The summed E-state index contributed by atoms with van der Waals surface area (Å²) in [5.41, 5.74) is -0.759. The van der Waals surface area contributed by atoms with Gasteiger partial charge in [-0.15, -0.1) is 0 Å². The molecule has 0 radical (unpaired) electrons. The Kier molecular flexibility index (Phi) is 5.98. The molecule has 0 unspecified atom stereocenters. The highest BCUT2D eigenvalue weighted by molar-refractivity contribution is 5.68. The van der Waals surface area contributed by atoms with E-state index in [0.717, 1.165) is 24.3 Å². The summed E-state index contributed by atoms with van der Waals surface area (Å²) in [5, 5.41) is 2.78. The number of rotatable bonds is 4. The van der Waals surface area contributed by atoms with Gasteiger partial charge in [0, 0.05) is 24.7 Å². The minimum atomic E-state index is -3.04. The molecule has 7 heteroatoms. The fourth-order valence-corrected chi connectivity index (χ4v) is 2.78. The summed E-state index contributed by atoms with van der Waals surface area (Å²) in [6.45, 7) is 5.85. The number of hydrogen-bond donors (Lipinski definition) is 1. The number of likely N-dealkylation sites (tertiary alicyclic amines) is 1. The van der Waals surface area contributed by atoms with Gasteiger partial charge in [0.1, 0.15) is 11.4 Å². The Bertz CT molecular complexity index is 577. The molecule has 0 aromatic heterocycles. The topological polar surface area (TPSA) is 41.6 Å². The summed E-state index contributed by atoms with van der Waals surface area (Å²) in [5.74, 6) is -3.58. The molecule has 1 aromatic rings. The van der Waals surface area contributed by atoms with Crippen LogP contribution in [0.15, 0.2) is 24.3 Å². The predicted molar refractivity (Wildman–Crippen MR) is 89.1 cm³/mol. The summed E-state index contributed by atoms with van der Waals surface area (Å²) < 4.78 is 46.7. The molecule has 1 aromatic carbocycles. The normalized spacial score (nSPS) is 17.4. The first-order chi connectivity index (χ1) is 11.5. The lowest BCUT2D eigenvalue weighted by molar-refractivity contribution is -0.0435. The van der Waals surface area contributed by atoms with Crippen LogP contribution in [0.25, 0.3) is 0 Å². The molecule has 1 aliphatic rings. The average Bonchev–Trinajstić information content (AvgIpc) is 2.47. The molecule has 0 bridgehead atoms. The van der Waals surface area contributed by atoms with Crippen LogP contribution in [0.5, 0.6) is 0 Å². The van der Waals surface area contributed by atoms with Gasteiger partial charge in [0.05, 0.1) is 6.54 Å². The molecule has 0 aliphatic carbocycles. The Hall–Kier alpha value is -1.76. The van der Waals surface area contributed by atoms with E-state index >= 15 is 0 Å². The first kappa shape index (κ1) is 19.6. The molecule has 2 rings (SSSR count). The number of amides is 1. The van der Waals surface area contributed by atoms with Crippen LogP contribution in [0, 0.1) is 5.82 Å². The zero-order chi connectivity index (χ0) is 18.7. The minimum Gasteiger partial charge on any atom is -0.444 e. The molecular weight excluding hydrogens is 333 g/mol. The van der Waals surface area contributed by atoms with Crippen molar-refractivity contribution in [3.63, 3.8) is 0 Å². The third-order valence-electron chi connectivity index (χ3n) is 4.00. The van der Waals surface area contributed by atoms with Crippen molar-refractivity contribution < 1.29 is 22.7 Å². The van der Waals surface area contributed by atoms with E-state index in [1.54, 1.807) is 25.7 Å². The number of alkyl carbamates (subject to hydrolysis) is 1. The van der Waals surface area contributed by atoms with Crippen LogP contribution in [-0.4, -0.2) is 42.3 Å². The molecule has 1 N–H and O–H groups in total. The Morgan fingerprint density at radius 2 is 1.76 bits per heavy atom. The maximum absolute atomic E-state index is 14.3. The van der Waals surface area contributed by atoms with E-state index in [0.29, 0.717) is 25.9 Å². The van der Waals surface area contributed by atoms with E-state index in [1.165, 1.54) is 0 Å². The summed E-state index contributed by atoms with van der Waals surface area (Å²) in [4.78, 5) is 13.4. The predicted octanol–water partition coefficient (Wildman–Crippen LogP) is 3.91. The molecule has 25 heavy (non-hydrogen) atoms. The molecule has 0 spiro atoms. The van der Waals surface area contributed by atoms with Crippen LogP contribution in [0.2, 0.25) is 0 Å².